The van der Waals surface area contributed by atoms with Crippen LogP contribution in [0.2, 0.25) is 0 Å². The Morgan fingerprint density at radius 2 is 1.43 bits per heavy atom. The number of hydrogen-bond donors (Lipinski definition) is 0. The van der Waals surface area contributed by atoms with Gasteiger partial charge in [-0.15, -0.1) is 0 Å². The van der Waals surface area contributed by atoms with Crippen molar-refractivity contribution in [3.63, 3.8) is 0 Å². The molecule has 2 rings (SSSR count). The highest BCUT2D eigenvalue weighted by molar-refractivity contribution is 7.97. The van der Waals surface area contributed by atoms with Crippen LogP contribution >= 0.6 is 11.9 Å². The first-order valence-electron chi connectivity index (χ1n) is 9.31. The third-order valence-corrected chi connectivity index (χ3v) is 5.82. The van der Waals surface area contributed by atoms with Gasteiger partial charge < -0.3 is 4.90 Å². The quantitative estimate of drug-likeness (QED) is 0.666. The fourth-order valence-corrected chi connectivity index (χ4v) is 4.46. The second-order valence-electron chi connectivity index (χ2n) is 6.68. The fraction of sp³-hybridized carbons (Fsp3) is 1.00. The van der Waals surface area contributed by atoms with Gasteiger partial charge in [0, 0.05) is 24.9 Å². The molecule has 0 bridgehead atoms. The zero-order valence-corrected chi connectivity index (χ0v) is 15.9. The summed E-state index contributed by atoms with van der Waals surface area (Å²) in [6.07, 6.45) is 7.09. The van der Waals surface area contributed by atoms with E-state index in [9.17, 15) is 0 Å². The van der Waals surface area contributed by atoms with Crippen LogP contribution in [0.3, 0.4) is 0 Å². The van der Waals surface area contributed by atoms with Gasteiger partial charge in [0.2, 0.25) is 0 Å². The van der Waals surface area contributed by atoms with Crippen LogP contribution < -0.4 is 0 Å². The molecule has 2 nitrogen and oxygen atoms in total. The van der Waals surface area contributed by atoms with E-state index in [0.717, 1.165) is 17.1 Å². The van der Waals surface area contributed by atoms with Crippen molar-refractivity contribution >= 4 is 11.9 Å². The monoisotopic (exact) mass is 314 g/mol. The van der Waals surface area contributed by atoms with E-state index in [1.165, 1.54) is 64.8 Å². The highest BCUT2D eigenvalue weighted by Crippen LogP contribution is 2.27. The zero-order valence-electron chi connectivity index (χ0n) is 15.1. The summed E-state index contributed by atoms with van der Waals surface area (Å²) in [5.41, 5.74) is 0. The predicted octanol–water partition coefficient (Wildman–Crippen LogP) is 4.90. The first-order chi connectivity index (χ1) is 10.2. The molecule has 0 unspecified atom stereocenters. The van der Waals surface area contributed by atoms with Crippen LogP contribution in [-0.2, 0) is 0 Å². The lowest BCUT2D eigenvalue weighted by molar-refractivity contribution is 0.138. The van der Waals surface area contributed by atoms with Gasteiger partial charge >= 0.3 is 0 Å². The molecule has 0 spiro atoms. The van der Waals surface area contributed by atoms with Crippen molar-refractivity contribution in [3.8, 4) is 0 Å². The van der Waals surface area contributed by atoms with Crippen LogP contribution in [0.1, 0.15) is 66.7 Å². The minimum absolute atomic E-state index is 0.740. The molecule has 126 valence electrons. The van der Waals surface area contributed by atoms with Gasteiger partial charge in [-0.3, -0.25) is 4.31 Å². The molecule has 0 atom stereocenters. The molecule has 2 saturated heterocycles. The normalized spacial score (nSPS) is 23.1. The smallest absolute Gasteiger partial charge is 0.0138 e. The Morgan fingerprint density at radius 3 is 1.90 bits per heavy atom. The molecule has 2 aliphatic rings. The third-order valence-electron chi connectivity index (χ3n) is 4.73. The molecular formula is C18H38N2S. The molecule has 0 aromatic rings. The molecule has 21 heavy (non-hydrogen) atoms. The summed E-state index contributed by atoms with van der Waals surface area (Å²) in [4.78, 5) is 2.74. The van der Waals surface area contributed by atoms with Crippen molar-refractivity contribution in [2.75, 3.05) is 32.7 Å². The first kappa shape index (κ1) is 19.3. The largest absolute Gasteiger partial charge is 0.303 e. The van der Waals surface area contributed by atoms with E-state index in [1.807, 2.05) is 25.8 Å². The zero-order chi connectivity index (χ0) is 15.7. The van der Waals surface area contributed by atoms with Gasteiger partial charge in [-0.25, -0.2) is 0 Å². The molecular weight excluding hydrogens is 276 g/mol. The molecule has 0 amide bonds. The maximum Gasteiger partial charge on any atom is 0.0138 e. The van der Waals surface area contributed by atoms with Crippen molar-refractivity contribution in [2.24, 2.45) is 11.8 Å². The molecule has 0 aromatic heterocycles. The van der Waals surface area contributed by atoms with E-state index >= 15 is 0 Å². The van der Waals surface area contributed by atoms with Crippen LogP contribution in [0.5, 0.6) is 0 Å². The number of piperidine rings is 2. The highest BCUT2D eigenvalue weighted by atomic mass is 32.2. The summed E-state index contributed by atoms with van der Waals surface area (Å²) in [5, 5.41) is 0.740. The van der Waals surface area contributed by atoms with E-state index in [-0.39, 0.29) is 0 Å². The van der Waals surface area contributed by atoms with Crippen LogP contribution in [0, 0.1) is 11.8 Å². The molecule has 2 fully saturated rings. The Balaban J connectivity index is 0.00000106. The number of hydrogen-bond acceptors (Lipinski definition) is 3. The van der Waals surface area contributed by atoms with Crippen LogP contribution in [0.15, 0.2) is 0 Å². The van der Waals surface area contributed by atoms with Crippen LogP contribution in [0.25, 0.3) is 0 Å². The highest BCUT2D eigenvalue weighted by Gasteiger charge is 2.24. The SMILES string of the molecule is CC.CCC1CCN(CC2CCN(SC(C)C)CC2)CC1. The van der Waals surface area contributed by atoms with E-state index < -0.39 is 0 Å². The number of likely N-dealkylation sites (tertiary alicyclic amines) is 1. The van der Waals surface area contributed by atoms with Crippen molar-refractivity contribution in [2.45, 2.75) is 72.0 Å². The van der Waals surface area contributed by atoms with Gasteiger partial charge in [-0.05, 0) is 50.6 Å². The molecule has 0 aromatic carbocycles. The summed E-state index contributed by atoms with van der Waals surface area (Å²) in [6.45, 7) is 17.7. The van der Waals surface area contributed by atoms with E-state index in [1.54, 1.807) is 0 Å². The van der Waals surface area contributed by atoms with Gasteiger partial charge in [0.05, 0.1) is 0 Å². The standard InChI is InChI=1S/C16H32N2S.C2H6/c1-4-15-5-9-17(10-6-15)13-16-7-11-18(12-8-16)19-14(2)3;1-2/h14-16H,4-13H2,1-3H3;1-2H3. The number of rotatable bonds is 5. The summed E-state index contributed by atoms with van der Waals surface area (Å²) in [5.74, 6) is 1.97. The molecule has 0 saturated carbocycles. The minimum atomic E-state index is 0.740. The summed E-state index contributed by atoms with van der Waals surface area (Å²) < 4.78 is 2.59. The summed E-state index contributed by atoms with van der Waals surface area (Å²) in [7, 11) is 0. The Bertz CT molecular complexity index is 242. The van der Waals surface area contributed by atoms with Crippen molar-refractivity contribution < 1.29 is 0 Å². The van der Waals surface area contributed by atoms with E-state index in [4.69, 9.17) is 0 Å². The second-order valence-corrected chi connectivity index (χ2v) is 8.35. The molecule has 0 N–H and O–H groups in total. The third kappa shape index (κ3) is 7.38. The lowest BCUT2D eigenvalue weighted by Crippen LogP contribution is -2.40. The average molecular weight is 315 g/mol. The van der Waals surface area contributed by atoms with Gasteiger partial charge in [0.15, 0.2) is 0 Å². The summed E-state index contributed by atoms with van der Waals surface area (Å²) >= 11 is 2.05. The topological polar surface area (TPSA) is 6.48 Å². The Kier molecular flexibility index (Phi) is 10.0. The average Bonchev–Trinajstić information content (AvgIpc) is 2.51. The van der Waals surface area contributed by atoms with Gasteiger partial charge in [0.1, 0.15) is 0 Å². The van der Waals surface area contributed by atoms with Gasteiger partial charge in [-0.2, -0.15) is 0 Å². The first-order valence-corrected chi connectivity index (χ1v) is 10.1. The Labute approximate surface area is 138 Å². The predicted molar refractivity (Wildman–Crippen MR) is 97.8 cm³/mol. The van der Waals surface area contributed by atoms with Crippen molar-refractivity contribution in [3.05, 3.63) is 0 Å². The molecule has 0 radical (unpaired) electrons. The van der Waals surface area contributed by atoms with Crippen LogP contribution in [0.4, 0.5) is 0 Å². The number of nitrogens with zero attached hydrogens (tertiary/aromatic N) is 2. The van der Waals surface area contributed by atoms with E-state index in [2.05, 4.69) is 30.0 Å². The maximum atomic E-state index is 2.74. The van der Waals surface area contributed by atoms with Crippen LogP contribution in [-0.4, -0.2) is 47.2 Å². The lowest BCUT2D eigenvalue weighted by atomic mass is 9.92. The Hall–Kier alpha value is 0.270. The van der Waals surface area contributed by atoms with Crippen molar-refractivity contribution in [1.82, 2.24) is 9.21 Å². The van der Waals surface area contributed by atoms with E-state index in [0.29, 0.717) is 0 Å². The second kappa shape index (κ2) is 10.9. The molecule has 3 heteroatoms. The Morgan fingerprint density at radius 1 is 0.905 bits per heavy atom. The maximum absolute atomic E-state index is 2.74. The van der Waals surface area contributed by atoms with Gasteiger partial charge in [0.25, 0.3) is 0 Å². The molecule has 2 heterocycles. The summed E-state index contributed by atoms with van der Waals surface area (Å²) in [6, 6.07) is 0. The molecule has 0 aliphatic carbocycles. The minimum Gasteiger partial charge on any atom is -0.303 e. The fourth-order valence-electron chi connectivity index (χ4n) is 3.44. The van der Waals surface area contributed by atoms with Crippen molar-refractivity contribution in [1.29, 1.82) is 0 Å². The molecule has 2 aliphatic heterocycles. The lowest BCUT2D eigenvalue weighted by Gasteiger charge is -2.37. The van der Waals surface area contributed by atoms with Gasteiger partial charge in [-0.1, -0.05) is 53.0 Å².